The molecule has 4 rings (SSSR count). The van der Waals surface area contributed by atoms with Gasteiger partial charge >= 0.3 is 5.97 Å². The smallest absolute Gasteiger partial charge is 0.309 e. The van der Waals surface area contributed by atoms with E-state index in [0.717, 1.165) is 23.9 Å². The van der Waals surface area contributed by atoms with Crippen molar-refractivity contribution in [3.05, 3.63) is 47.5 Å². The van der Waals surface area contributed by atoms with Gasteiger partial charge in [-0.2, -0.15) is 9.78 Å². The van der Waals surface area contributed by atoms with E-state index in [-0.39, 0.29) is 23.4 Å². The Balaban J connectivity index is 1.43. The molecule has 10 nitrogen and oxygen atoms in total. The van der Waals surface area contributed by atoms with Crippen LogP contribution in [0.4, 0.5) is 0 Å². The average Bonchev–Trinajstić information content (AvgIpc) is 3.34. The van der Waals surface area contributed by atoms with E-state index in [4.69, 9.17) is 4.74 Å². The van der Waals surface area contributed by atoms with Crippen molar-refractivity contribution in [2.24, 2.45) is 5.92 Å². The highest BCUT2D eigenvalue weighted by molar-refractivity contribution is 7.90. The van der Waals surface area contributed by atoms with Gasteiger partial charge in [0.1, 0.15) is 0 Å². The van der Waals surface area contributed by atoms with Gasteiger partial charge in [0.2, 0.25) is 0 Å². The number of sulfone groups is 1. The van der Waals surface area contributed by atoms with Crippen molar-refractivity contribution in [2.75, 3.05) is 6.26 Å². The Morgan fingerprint density at radius 2 is 2.11 bits per heavy atom. The van der Waals surface area contributed by atoms with Crippen molar-refractivity contribution in [1.82, 2.24) is 30.4 Å². The second kappa shape index (κ2) is 7.15. The SMILES string of the molecule is CS(=O)(=O)c1ccc(-n2nnnc2COC(=O)[C@@H]2CCc3[nH]ncc3C2)cc1. The standard InChI is InChI=1S/C17H18N6O4S/c1-28(25,26)14-5-3-13(4-6-14)23-16(20-21-22-23)10-27-17(24)11-2-7-15-12(8-11)9-18-19-15/h3-6,9,11H,2,7-8,10H2,1H3,(H,18,19)/t11-/m1/s1. The van der Waals surface area contributed by atoms with Gasteiger partial charge in [0.15, 0.2) is 22.3 Å². The van der Waals surface area contributed by atoms with Crippen LogP contribution in [0.3, 0.4) is 0 Å². The molecule has 28 heavy (non-hydrogen) atoms. The molecule has 1 aliphatic carbocycles. The molecule has 2 heterocycles. The zero-order valence-electron chi connectivity index (χ0n) is 15.1. The number of carbonyl (C=O) groups excluding carboxylic acids is 1. The lowest BCUT2D eigenvalue weighted by molar-refractivity contribution is -0.150. The highest BCUT2D eigenvalue weighted by Crippen LogP contribution is 2.25. The summed E-state index contributed by atoms with van der Waals surface area (Å²) in [6, 6.07) is 6.15. The predicted molar refractivity (Wildman–Crippen MR) is 96.2 cm³/mol. The second-order valence-electron chi connectivity index (χ2n) is 6.69. The summed E-state index contributed by atoms with van der Waals surface area (Å²) in [4.78, 5) is 12.6. The number of nitrogens with one attached hydrogen (secondary N) is 1. The average molecular weight is 402 g/mol. The number of hydrogen-bond donors (Lipinski definition) is 1. The van der Waals surface area contributed by atoms with Crippen LogP contribution in [0.1, 0.15) is 23.5 Å². The third-order valence-electron chi connectivity index (χ3n) is 4.74. The molecule has 11 heteroatoms. The summed E-state index contributed by atoms with van der Waals surface area (Å²) in [6.07, 6.45) is 4.95. The van der Waals surface area contributed by atoms with Crippen LogP contribution >= 0.6 is 0 Å². The van der Waals surface area contributed by atoms with Gasteiger partial charge in [-0.05, 0) is 59.5 Å². The van der Waals surface area contributed by atoms with Crippen molar-refractivity contribution in [2.45, 2.75) is 30.8 Å². The predicted octanol–water partition coefficient (Wildman–Crippen LogP) is 0.637. The fourth-order valence-electron chi connectivity index (χ4n) is 3.20. The Labute approximate surface area is 160 Å². The highest BCUT2D eigenvalue weighted by Gasteiger charge is 2.27. The number of nitrogens with zero attached hydrogens (tertiary/aromatic N) is 5. The molecule has 2 aromatic heterocycles. The highest BCUT2D eigenvalue weighted by atomic mass is 32.2. The summed E-state index contributed by atoms with van der Waals surface area (Å²) in [6.45, 7) is -0.0750. The molecule has 0 saturated carbocycles. The van der Waals surface area contributed by atoms with E-state index in [1.165, 1.54) is 16.8 Å². The summed E-state index contributed by atoms with van der Waals surface area (Å²) >= 11 is 0. The number of esters is 1. The summed E-state index contributed by atoms with van der Waals surface area (Å²) < 4.78 is 30.0. The molecule has 1 N–H and O–H groups in total. The fourth-order valence-corrected chi connectivity index (χ4v) is 3.83. The van der Waals surface area contributed by atoms with Crippen LogP contribution in [-0.4, -0.2) is 51.0 Å². The minimum atomic E-state index is -3.29. The zero-order chi connectivity index (χ0) is 19.7. The van der Waals surface area contributed by atoms with Crippen LogP contribution in [-0.2, 0) is 38.8 Å². The number of benzene rings is 1. The van der Waals surface area contributed by atoms with Crippen molar-refractivity contribution >= 4 is 15.8 Å². The van der Waals surface area contributed by atoms with E-state index < -0.39 is 9.84 Å². The second-order valence-corrected chi connectivity index (χ2v) is 8.71. The third-order valence-corrected chi connectivity index (χ3v) is 5.87. The summed E-state index contributed by atoms with van der Waals surface area (Å²) in [7, 11) is -3.29. The first-order chi connectivity index (χ1) is 13.4. The van der Waals surface area contributed by atoms with Gasteiger partial charge in [0, 0.05) is 11.9 Å². The first-order valence-electron chi connectivity index (χ1n) is 8.67. The molecule has 0 saturated heterocycles. The number of fused-ring (bicyclic) bond motifs is 1. The molecule has 146 valence electrons. The minimum Gasteiger partial charge on any atom is -0.457 e. The van der Waals surface area contributed by atoms with E-state index in [1.54, 1.807) is 18.3 Å². The largest absolute Gasteiger partial charge is 0.457 e. The topological polar surface area (TPSA) is 133 Å². The van der Waals surface area contributed by atoms with Crippen LogP contribution in [0.15, 0.2) is 35.4 Å². The van der Waals surface area contributed by atoms with E-state index in [2.05, 4.69) is 25.7 Å². The molecule has 1 aromatic carbocycles. The molecule has 0 amide bonds. The van der Waals surface area contributed by atoms with Crippen LogP contribution in [0.25, 0.3) is 5.69 Å². The maximum Gasteiger partial charge on any atom is 0.309 e. The Bertz CT molecular complexity index is 1100. The van der Waals surface area contributed by atoms with Gasteiger partial charge in [-0.3, -0.25) is 9.89 Å². The van der Waals surface area contributed by atoms with Gasteiger partial charge < -0.3 is 4.74 Å². The van der Waals surface area contributed by atoms with E-state index in [1.807, 2.05) is 0 Å². The third kappa shape index (κ3) is 3.65. The molecule has 0 spiro atoms. The maximum atomic E-state index is 12.4. The first kappa shape index (κ1) is 18.3. The molecule has 1 aliphatic rings. The van der Waals surface area contributed by atoms with E-state index in [0.29, 0.717) is 24.4 Å². The maximum absolute atomic E-state index is 12.4. The number of aromatic nitrogens is 6. The molecule has 3 aromatic rings. The summed E-state index contributed by atoms with van der Waals surface area (Å²) in [5, 5.41) is 18.4. The lowest BCUT2D eigenvalue weighted by atomic mass is 9.88. The minimum absolute atomic E-state index is 0.0750. The molecule has 0 aliphatic heterocycles. The van der Waals surface area contributed by atoms with Gasteiger partial charge in [0.05, 0.1) is 22.7 Å². The number of rotatable bonds is 5. The number of H-pyrrole nitrogens is 1. The lowest BCUT2D eigenvalue weighted by Crippen LogP contribution is -2.24. The summed E-state index contributed by atoms with van der Waals surface area (Å²) in [5.41, 5.74) is 2.69. The molecular formula is C17H18N6O4S. The van der Waals surface area contributed by atoms with Crippen molar-refractivity contribution in [3.63, 3.8) is 0 Å². The van der Waals surface area contributed by atoms with Crippen LogP contribution in [0, 0.1) is 5.92 Å². The molecule has 0 unspecified atom stereocenters. The van der Waals surface area contributed by atoms with Gasteiger partial charge in [-0.1, -0.05) is 0 Å². The van der Waals surface area contributed by atoms with Crippen molar-refractivity contribution in [3.8, 4) is 5.69 Å². The van der Waals surface area contributed by atoms with E-state index in [9.17, 15) is 13.2 Å². The quantitative estimate of drug-likeness (QED) is 0.615. The Morgan fingerprint density at radius 3 is 2.86 bits per heavy atom. The Morgan fingerprint density at radius 1 is 1.32 bits per heavy atom. The normalized spacial score (nSPS) is 16.5. The fraction of sp³-hybridized carbons (Fsp3) is 0.353. The van der Waals surface area contributed by atoms with Crippen LogP contribution in [0.2, 0.25) is 0 Å². The number of aromatic amines is 1. The first-order valence-corrected chi connectivity index (χ1v) is 10.6. The molecule has 0 bridgehead atoms. The van der Waals surface area contributed by atoms with Crippen LogP contribution in [0.5, 0.6) is 0 Å². The summed E-state index contributed by atoms with van der Waals surface area (Å²) in [5.74, 6) is -0.169. The Kier molecular flexibility index (Phi) is 4.67. The Hall–Kier alpha value is -3.08. The van der Waals surface area contributed by atoms with Gasteiger partial charge in [-0.15, -0.1) is 5.10 Å². The monoisotopic (exact) mass is 402 g/mol. The number of ether oxygens (including phenoxy) is 1. The zero-order valence-corrected chi connectivity index (χ0v) is 15.9. The van der Waals surface area contributed by atoms with E-state index >= 15 is 0 Å². The van der Waals surface area contributed by atoms with Gasteiger partial charge in [0.25, 0.3) is 0 Å². The number of hydrogen-bond acceptors (Lipinski definition) is 8. The van der Waals surface area contributed by atoms with Crippen LogP contribution < -0.4 is 0 Å². The molecule has 1 atom stereocenters. The molecule has 0 radical (unpaired) electrons. The molecular weight excluding hydrogens is 384 g/mol. The van der Waals surface area contributed by atoms with Crippen molar-refractivity contribution in [1.29, 1.82) is 0 Å². The number of aryl methyl sites for hydroxylation is 1. The number of tetrazole rings is 1. The number of carbonyl (C=O) groups is 1. The van der Waals surface area contributed by atoms with Crippen molar-refractivity contribution < 1.29 is 17.9 Å². The lowest BCUT2D eigenvalue weighted by Gasteiger charge is -2.19. The van der Waals surface area contributed by atoms with Gasteiger partial charge in [-0.25, -0.2) is 8.42 Å². The molecule has 0 fully saturated rings.